The highest BCUT2D eigenvalue weighted by atomic mass is 16.5. The van der Waals surface area contributed by atoms with Crippen molar-refractivity contribution in [1.29, 1.82) is 0 Å². The highest BCUT2D eigenvalue weighted by molar-refractivity contribution is 5.76. The lowest BCUT2D eigenvalue weighted by Gasteiger charge is -2.22. The fourth-order valence-electron chi connectivity index (χ4n) is 7.87. The number of rotatable bonds is 47. The third kappa shape index (κ3) is 44.0. The van der Waals surface area contributed by atoms with E-state index in [0.717, 1.165) is 57.8 Å². The van der Waals surface area contributed by atoms with Crippen LogP contribution in [0.3, 0.4) is 0 Å². The van der Waals surface area contributed by atoms with Crippen LogP contribution in [0.25, 0.3) is 0 Å². The minimum atomic E-state index is -0.675. The first-order valence-electron chi connectivity index (χ1n) is 25.4. The molecule has 338 valence electrons. The van der Waals surface area contributed by atoms with Crippen molar-refractivity contribution in [2.24, 2.45) is 0 Å². The zero-order valence-corrected chi connectivity index (χ0v) is 38.3. The molecule has 1 amide bonds. The first kappa shape index (κ1) is 55.6. The Hall–Kier alpha value is -1.40. The van der Waals surface area contributed by atoms with Gasteiger partial charge in [-0.25, -0.2) is 0 Å². The van der Waals surface area contributed by atoms with Crippen molar-refractivity contribution < 1.29 is 24.5 Å². The highest BCUT2D eigenvalue weighted by Crippen LogP contribution is 2.16. The topological polar surface area (TPSA) is 95.9 Å². The lowest BCUT2D eigenvalue weighted by Crippen LogP contribution is -2.45. The maximum Gasteiger partial charge on any atom is 0.305 e. The van der Waals surface area contributed by atoms with E-state index in [1.165, 1.54) is 186 Å². The monoisotopic (exact) mass is 806 g/mol. The smallest absolute Gasteiger partial charge is 0.305 e. The van der Waals surface area contributed by atoms with Gasteiger partial charge in [-0.15, -0.1) is 0 Å². The van der Waals surface area contributed by atoms with Crippen LogP contribution in [0.1, 0.15) is 277 Å². The molecule has 0 radical (unpaired) electrons. The van der Waals surface area contributed by atoms with Crippen LogP contribution in [-0.2, 0) is 14.3 Å². The minimum absolute atomic E-state index is 0.0208. The number of amides is 1. The Balaban J connectivity index is 3.46. The molecule has 0 saturated carbocycles. The molecule has 57 heavy (non-hydrogen) atoms. The summed E-state index contributed by atoms with van der Waals surface area (Å²) in [5, 5.41) is 23.2. The minimum Gasteiger partial charge on any atom is -0.466 e. The van der Waals surface area contributed by atoms with Crippen molar-refractivity contribution in [3.63, 3.8) is 0 Å². The summed E-state index contributed by atoms with van der Waals surface area (Å²) in [6, 6.07) is -0.554. The van der Waals surface area contributed by atoms with Crippen LogP contribution in [-0.4, -0.2) is 47.4 Å². The molecule has 0 fully saturated rings. The molecule has 0 aliphatic heterocycles. The van der Waals surface area contributed by atoms with Crippen molar-refractivity contribution in [2.45, 2.75) is 289 Å². The van der Waals surface area contributed by atoms with Gasteiger partial charge >= 0.3 is 5.97 Å². The van der Waals surface area contributed by atoms with Gasteiger partial charge in [0, 0.05) is 12.8 Å². The lowest BCUT2D eigenvalue weighted by atomic mass is 10.0. The van der Waals surface area contributed by atoms with Gasteiger partial charge in [0.25, 0.3) is 0 Å². The van der Waals surface area contributed by atoms with Crippen LogP contribution in [0.4, 0.5) is 0 Å². The molecule has 6 nitrogen and oxygen atoms in total. The van der Waals surface area contributed by atoms with Gasteiger partial charge in [-0.1, -0.05) is 225 Å². The van der Waals surface area contributed by atoms with Gasteiger partial charge in [0.15, 0.2) is 0 Å². The number of carbonyl (C=O) groups is 2. The second kappa shape index (κ2) is 47.3. The molecular formula is C51H99NO5. The molecule has 2 atom stereocenters. The molecule has 3 N–H and O–H groups in total. The lowest BCUT2D eigenvalue weighted by molar-refractivity contribution is -0.143. The molecule has 6 heteroatoms. The van der Waals surface area contributed by atoms with Crippen LogP contribution in [0.15, 0.2) is 12.2 Å². The second-order valence-electron chi connectivity index (χ2n) is 17.5. The van der Waals surface area contributed by atoms with Gasteiger partial charge in [-0.05, 0) is 51.4 Å². The van der Waals surface area contributed by atoms with Crippen LogP contribution >= 0.6 is 0 Å². The average Bonchev–Trinajstić information content (AvgIpc) is 3.21. The van der Waals surface area contributed by atoms with Gasteiger partial charge in [-0.2, -0.15) is 0 Å². The van der Waals surface area contributed by atoms with E-state index >= 15 is 0 Å². The van der Waals surface area contributed by atoms with Crippen molar-refractivity contribution in [3.05, 3.63) is 12.2 Å². The number of nitrogens with one attached hydrogen (secondary N) is 1. The summed E-state index contributed by atoms with van der Waals surface area (Å²) < 4.78 is 5.46. The van der Waals surface area contributed by atoms with Crippen LogP contribution in [0.2, 0.25) is 0 Å². The molecule has 0 aromatic heterocycles. The fraction of sp³-hybridized carbons (Fsp3) is 0.922. The van der Waals surface area contributed by atoms with Crippen molar-refractivity contribution in [3.8, 4) is 0 Å². The summed E-state index contributed by atoms with van der Waals surface area (Å²) >= 11 is 0. The number of hydrogen-bond donors (Lipinski definition) is 3. The van der Waals surface area contributed by atoms with Gasteiger partial charge in [-0.3, -0.25) is 9.59 Å². The Morgan fingerprint density at radius 3 is 1.25 bits per heavy atom. The molecule has 0 spiro atoms. The Bertz CT molecular complexity index is 847. The molecule has 0 rings (SSSR count). The molecule has 0 bridgehead atoms. The van der Waals surface area contributed by atoms with Gasteiger partial charge in [0.2, 0.25) is 5.91 Å². The summed E-state index contributed by atoms with van der Waals surface area (Å²) in [5.41, 5.74) is 0. The molecule has 0 saturated heterocycles. The van der Waals surface area contributed by atoms with E-state index in [1.807, 2.05) is 0 Å². The molecule has 0 aliphatic rings. The average molecular weight is 806 g/mol. The SMILES string of the molecule is CCCCCCCCC/C=C\CCCCCCCC(=O)OCCCCCCCCCCCCCC(=O)NC(CO)C(O)CCCCCCCCCCCCCCC. The van der Waals surface area contributed by atoms with Crippen LogP contribution < -0.4 is 5.32 Å². The number of esters is 1. The zero-order chi connectivity index (χ0) is 41.5. The Kier molecular flexibility index (Phi) is 46.1. The second-order valence-corrected chi connectivity index (χ2v) is 17.5. The zero-order valence-electron chi connectivity index (χ0n) is 38.3. The van der Waals surface area contributed by atoms with E-state index < -0.39 is 12.1 Å². The van der Waals surface area contributed by atoms with E-state index in [2.05, 4.69) is 31.3 Å². The largest absolute Gasteiger partial charge is 0.466 e. The standard InChI is InChI=1S/C51H99NO5/c1-3-5-7-9-11-13-15-17-18-19-21-25-29-33-37-41-45-51(56)57-46-42-38-34-30-26-22-24-28-32-36-40-44-50(55)52-48(47-53)49(54)43-39-35-31-27-23-20-16-14-12-10-8-6-4-2/h18-19,48-49,53-54H,3-17,20-47H2,1-2H3,(H,52,55)/b19-18-. The number of unbranched alkanes of at least 4 members (excludes halogenated alkanes) is 34. The molecule has 2 unspecified atom stereocenters. The molecule has 0 heterocycles. The van der Waals surface area contributed by atoms with Gasteiger partial charge in [0.05, 0.1) is 25.4 Å². The number of allylic oxidation sites excluding steroid dienone is 2. The predicted molar refractivity (Wildman–Crippen MR) is 246 cm³/mol. The number of carbonyl (C=O) groups excluding carboxylic acids is 2. The predicted octanol–water partition coefficient (Wildman–Crippen LogP) is 15.0. The quantitative estimate of drug-likeness (QED) is 0.0323. The summed E-state index contributed by atoms with van der Waals surface area (Å²) in [7, 11) is 0. The maximum absolute atomic E-state index is 12.4. The van der Waals surface area contributed by atoms with Gasteiger partial charge in [0.1, 0.15) is 0 Å². The van der Waals surface area contributed by atoms with Crippen molar-refractivity contribution >= 4 is 11.9 Å². The normalized spacial score (nSPS) is 12.7. The Labute approximate surface area is 355 Å². The van der Waals surface area contributed by atoms with Crippen LogP contribution in [0.5, 0.6) is 0 Å². The van der Waals surface area contributed by atoms with Crippen molar-refractivity contribution in [2.75, 3.05) is 13.2 Å². The molecule has 0 aromatic rings. The number of aliphatic hydroxyl groups is 2. The summed E-state index contributed by atoms with van der Waals surface area (Å²) in [6.45, 7) is 4.90. The number of ether oxygens (including phenoxy) is 1. The Morgan fingerprint density at radius 2 is 0.825 bits per heavy atom. The summed E-state index contributed by atoms with van der Waals surface area (Å²) in [5.74, 6) is -0.0747. The first-order valence-corrected chi connectivity index (χ1v) is 25.4. The van der Waals surface area contributed by atoms with E-state index in [9.17, 15) is 19.8 Å². The number of aliphatic hydroxyl groups excluding tert-OH is 2. The van der Waals surface area contributed by atoms with E-state index in [-0.39, 0.29) is 18.5 Å². The highest BCUT2D eigenvalue weighted by Gasteiger charge is 2.20. The van der Waals surface area contributed by atoms with Gasteiger partial charge < -0.3 is 20.3 Å². The summed E-state index contributed by atoms with van der Waals surface area (Å²) in [4.78, 5) is 24.5. The molecular weight excluding hydrogens is 707 g/mol. The van der Waals surface area contributed by atoms with E-state index in [4.69, 9.17) is 4.74 Å². The van der Waals surface area contributed by atoms with Crippen molar-refractivity contribution in [1.82, 2.24) is 5.32 Å². The molecule has 0 aromatic carbocycles. The number of hydrogen-bond acceptors (Lipinski definition) is 5. The Morgan fingerprint density at radius 1 is 0.474 bits per heavy atom. The first-order chi connectivity index (χ1) is 28.0. The molecule has 0 aliphatic carbocycles. The third-order valence-electron chi connectivity index (χ3n) is 11.8. The van der Waals surface area contributed by atoms with E-state index in [0.29, 0.717) is 25.9 Å². The van der Waals surface area contributed by atoms with E-state index in [1.54, 1.807) is 0 Å². The van der Waals surface area contributed by atoms with Crippen LogP contribution in [0, 0.1) is 0 Å². The fourth-order valence-corrected chi connectivity index (χ4v) is 7.87. The maximum atomic E-state index is 12.4. The summed E-state index contributed by atoms with van der Waals surface area (Å²) in [6.07, 6.45) is 53.1. The third-order valence-corrected chi connectivity index (χ3v) is 11.8.